The smallest absolute Gasteiger partial charge is 0.282 e. The van der Waals surface area contributed by atoms with Gasteiger partial charge in [0.05, 0.1) is 5.69 Å². The van der Waals surface area contributed by atoms with Crippen LogP contribution in [0.5, 0.6) is 11.5 Å². The second-order valence-corrected chi connectivity index (χ2v) is 9.15. The third kappa shape index (κ3) is 5.92. The topological polar surface area (TPSA) is 67.9 Å². The molecule has 1 heterocycles. The molecule has 180 valence electrons. The van der Waals surface area contributed by atoms with E-state index < -0.39 is 11.8 Å². The van der Waals surface area contributed by atoms with E-state index in [2.05, 4.69) is 47.3 Å². The second-order valence-electron chi connectivity index (χ2n) is 8.23. The van der Waals surface area contributed by atoms with Gasteiger partial charge in [0.25, 0.3) is 11.8 Å². The highest BCUT2D eigenvalue weighted by molar-refractivity contribution is 9.10. The van der Waals surface area contributed by atoms with Crippen molar-refractivity contribution < 1.29 is 19.1 Å². The number of carbonyl (C=O) groups is 2. The van der Waals surface area contributed by atoms with Crippen LogP contribution in [0.2, 0.25) is 0 Å². The van der Waals surface area contributed by atoms with Crippen LogP contribution in [0.3, 0.4) is 0 Å². The average Bonchev–Trinajstić information content (AvgIpc) is 3.16. The van der Waals surface area contributed by atoms with E-state index in [4.69, 9.17) is 9.47 Å². The molecule has 0 radical (unpaired) electrons. The quantitative estimate of drug-likeness (QED) is 0.211. The molecule has 1 aliphatic heterocycles. The van der Waals surface area contributed by atoms with Gasteiger partial charge in [-0.2, -0.15) is 0 Å². The Morgan fingerprint density at radius 3 is 2.40 bits per heavy atom. The molecular weight excluding hydrogens is 508 g/mol. The number of halogens is 1. The van der Waals surface area contributed by atoms with Crippen molar-refractivity contribution in [2.45, 2.75) is 26.2 Å². The van der Waals surface area contributed by atoms with E-state index in [0.29, 0.717) is 36.1 Å². The number of nitrogens with zero attached hydrogens (tertiary/aromatic N) is 1. The van der Waals surface area contributed by atoms with Gasteiger partial charge in [-0.1, -0.05) is 60.1 Å². The Hall–Kier alpha value is -3.58. The molecule has 2 amide bonds. The summed E-state index contributed by atoms with van der Waals surface area (Å²) in [7, 11) is 0. The largest absolute Gasteiger partial charge is 0.490 e. The van der Waals surface area contributed by atoms with E-state index >= 15 is 0 Å². The normalized spacial score (nSPS) is 15.3. The van der Waals surface area contributed by atoms with Gasteiger partial charge in [0.1, 0.15) is 30.3 Å². The van der Waals surface area contributed by atoms with Crippen molar-refractivity contribution in [2.75, 3.05) is 18.2 Å². The van der Waals surface area contributed by atoms with Crippen LogP contribution in [0, 0.1) is 0 Å². The summed E-state index contributed by atoms with van der Waals surface area (Å²) >= 11 is 3.45. The van der Waals surface area contributed by atoms with E-state index in [-0.39, 0.29) is 5.57 Å². The van der Waals surface area contributed by atoms with Gasteiger partial charge in [-0.15, -0.1) is 0 Å². The highest BCUT2D eigenvalue weighted by atomic mass is 79.9. The minimum atomic E-state index is -0.464. The molecule has 0 saturated carbocycles. The number of ether oxygens (including phenoxy) is 2. The Morgan fingerprint density at radius 1 is 0.971 bits per heavy atom. The first-order chi connectivity index (χ1) is 17.0. The third-order valence-electron chi connectivity index (χ3n) is 5.85. The van der Waals surface area contributed by atoms with Gasteiger partial charge in [0, 0.05) is 10.0 Å². The van der Waals surface area contributed by atoms with Gasteiger partial charge in [-0.3, -0.25) is 15.0 Å². The average molecular weight is 535 g/mol. The number of para-hydroxylation sites is 1. The zero-order valence-corrected chi connectivity index (χ0v) is 21.2. The Bertz CT molecular complexity index is 1230. The maximum absolute atomic E-state index is 12.9. The SMILES string of the molecule is CC[C@H](C)c1ccc(OCCOc2ccc(Br)cc2/C=C2\C(=O)NN(c3ccccc3)C2=O)cc1. The lowest BCUT2D eigenvalue weighted by atomic mass is 9.99. The number of carbonyl (C=O) groups excluding carboxylic acids is 2. The van der Waals surface area contributed by atoms with Crippen molar-refractivity contribution in [3.63, 3.8) is 0 Å². The van der Waals surface area contributed by atoms with Crippen LogP contribution in [-0.2, 0) is 9.59 Å². The molecule has 1 aliphatic rings. The van der Waals surface area contributed by atoms with Crippen LogP contribution in [0.25, 0.3) is 6.08 Å². The Morgan fingerprint density at radius 2 is 1.69 bits per heavy atom. The van der Waals surface area contributed by atoms with Crippen molar-refractivity contribution in [1.29, 1.82) is 0 Å². The molecule has 1 fully saturated rings. The molecule has 0 aliphatic carbocycles. The number of nitrogens with one attached hydrogen (secondary N) is 1. The molecule has 0 unspecified atom stereocenters. The number of anilines is 1. The van der Waals surface area contributed by atoms with Gasteiger partial charge < -0.3 is 9.47 Å². The maximum Gasteiger partial charge on any atom is 0.282 e. The van der Waals surface area contributed by atoms with Crippen molar-refractivity contribution in [3.8, 4) is 11.5 Å². The van der Waals surface area contributed by atoms with E-state index in [1.165, 1.54) is 10.6 Å². The van der Waals surface area contributed by atoms with Crippen LogP contribution < -0.4 is 19.9 Å². The summed E-state index contributed by atoms with van der Waals surface area (Å²) in [6, 6.07) is 22.5. The Balaban J connectivity index is 1.42. The van der Waals surface area contributed by atoms with E-state index in [0.717, 1.165) is 16.6 Å². The van der Waals surface area contributed by atoms with Gasteiger partial charge >= 0.3 is 0 Å². The highest BCUT2D eigenvalue weighted by Gasteiger charge is 2.34. The predicted octanol–water partition coefficient (Wildman–Crippen LogP) is 5.88. The summed E-state index contributed by atoms with van der Waals surface area (Å²) in [4.78, 5) is 25.5. The molecule has 7 heteroatoms. The lowest BCUT2D eigenvalue weighted by Gasteiger charge is -2.14. The van der Waals surface area contributed by atoms with Crippen molar-refractivity contribution in [1.82, 2.24) is 5.43 Å². The molecule has 35 heavy (non-hydrogen) atoms. The highest BCUT2D eigenvalue weighted by Crippen LogP contribution is 2.28. The zero-order chi connectivity index (χ0) is 24.8. The molecule has 3 aromatic rings. The third-order valence-corrected chi connectivity index (χ3v) is 6.34. The summed E-state index contributed by atoms with van der Waals surface area (Å²) in [5.41, 5.74) is 5.15. The van der Waals surface area contributed by atoms with Crippen LogP contribution in [0.4, 0.5) is 5.69 Å². The predicted molar refractivity (Wildman–Crippen MR) is 140 cm³/mol. The summed E-state index contributed by atoms with van der Waals surface area (Å²) < 4.78 is 12.6. The molecule has 1 atom stereocenters. The van der Waals surface area contributed by atoms with Crippen LogP contribution in [-0.4, -0.2) is 25.0 Å². The fourth-order valence-corrected chi connectivity index (χ4v) is 4.05. The van der Waals surface area contributed by atoms with Gasteiger partial charge in [0.15, 0.2) is 0 Å². The van der Waals surface area contributed by atoms with E-state index in [9.17, 15) is 9.59 Å². The van der Waals surface area contributed by atoms with Gasteiger partial charge in [-0.25, -0.2) is 5.01 Å². The fraction of sp³-hybridized carbons (Fsp3) is 0.214. The summed E-state index contributed by atoms with van der Waals surface area (Å²) in [5, 5.41) is 1.24. The molecular formula is C28H27BrN2O4. The summed E-state index contributed by atoms with van der Waals surface area (Å²) in [5.74, 6) is 0.972. The lowest BCUT2D eigenvalue weighted by molar-refractivity contribution is -0.117. The van der Waals surface area contributed by atoms with E-state index in [1.807, 2.05) is 30.3 Å². The first-order valence-corrected chi connectivity index (χ1v) is 12.3. The summed E-state index contributed by atoms with van der Waals surface area (Å²) in [6.07, 6.45) is 2.65. The molecule has 4 rings (SSSR count). The van der Waals surface area contributed by atoms with Crippen molar-refractivity contribution in [2.24, 2.45) is 0 Å². The minimum Gasteiger partial charge on any atom is -0.490 e. The molecule has 3 aromatic carbocycles. The number of benzene rings is 3. The molecule has 1 saturated heterocycles. The van der Waals surface area contributed by atoms with Crippen LogP contribution in [0.1, 0.15) is 37.3 Å². The molecule has 1 N–H and O–H groups in total. The first kappa shape index (κ1) is 24.5. The first-order valence-electron chi connectivity index (χ1n) is 11.5. The molecule has 0 spiro atoms. The van der Waals surface area contributed by atoms with Crippen LogP contribution in [0.15, 0.2) is 82.8 Å². The lowest BCUT2D eigenvalue weighted by Crippen LogP contribution is -2.35. The number of hydrogen-bond acceptors (Lipinski definition) is 4. The summed E-state index contributed by atoms with van der Waals surface area (Å²) in [6.45, 7) is 5.04. The van der Waals surface area contributed by atoms with Gasteiger partial charge in [0.2, 0.25) is 0 Å². The fourth-order valence-electron chi connectivity index (χ4n) is 3.67. The van der Waals surface area contributed by atoms with Crippen LogP contribution >= 0.6 is 15.9 Å². The molecule has 0 aromatic heterocycles. The number of hydrogen-bond donors (Lipinski definition) is 1. The minimum absolute atomic E-state index is 0.0365. The van der Waals surface area contributed by atoms with Crippen molar-refractivity contribution >= 4 is 39.5 Å². The van der Waals surface area contributed by atoms with E-state index in [1.54, 1.807) is 36.4 Å². The monoisotopic (exact) mass is 534 g/mol. The van der Waals surface area contributed by atoms with Gasteiger partial charge in [-0.05, 0) is 66.4 Å². The second kappa shape index (κ2) is 11.2. The molecule has 6 nitrogen and oxygen atoms in total. The van der Waals surface area contributed by atoms with Crippen molar-refractivity contribution in [3.05, 3.63) is 94.0 Å². The number of amides is 2. The standard InChI is InChI=1S/C28H27BrN2O4/c1-3-19(2)20-9-12-24(13-10-20)34-15-16-35-26-14-11-22(29)17-21(26)18-25-27(32)30-31(28(25)33)23-7-5-4-6-8-23/h4-14,17-19H,3,15-16H2,1-2H3,(H,30,32)/b25-18+/t19-/m0/s1. The number of hydrazine groups is 1. The number of rotatable bonds is 9. The molecule has 0 bridgehead atoms. The Kier molecular flexibility index (Phi) is 7.87. The zero-order valence-electron chi connectivity index (χ0n) is 19.7. The maximum atomic E-state index is 12.9. The Labute approximate surface area is 213 Å².